The number of aromatic amines is 1. The van der Waals surface area contributed by atoms with Gasteiger partial charge in [0.1, 0.15) is 5.69 Å². The fourth-order valence-corrected chi connectivity index (χ4v) is 2.08. The number of methoxy groups -OCH3 is 1. The van der Waals surface area contributed by atoms with Gasteiger partial charge in [0, 0.05) is 0 Å². The lowest BCUT2D eigenvalue weighted by atomic mass is 10.2. The van der Waals surface area contributed by atoms with Gasteiger partial charge in [0.15, 0.2) is 17.3 Å². The molecule has 0 spiro atoms. The number of aromatic nitrogens is 3. The Balaban J connectivity index is 2.02. The molecule has 134 valence electrons. The lowest BCUT2D eigenvalue weighted by molar-refractivity contribution is 0.286. The molecule has 0 saturated heterocycles. The van der Waals surface area contributed by atoms with Crippen LogP contribution < -0.4 is 20.6 Å². The molecule has 2 rings (SSSR count). The summed E-state index contributed by atoms with van der Waals surface area (Å²) < 4.78 is 11.1. The number of nitrogens with zero attached hydrogens (tertiary/aromatic N) is 3. The molecule has 0 saturated carbocycles. The van der Waals surface area contributed by atoms with Crippen LogP contribution in [0.4, 0.5) is 5.82 Å². The van der Waals surface area contributed by atoms with Crippen molar-refractivity contribution in [1.82, 2.24) is 15.2 Å². The molecule has 0 bridgehead atoms. The monoisotopic (exact) mass is 345 g/mol. The van der Waals surface area contributed by atoms with Crippen LogP contribution in [0.2, 0.25) is 0 Å². The highest BCUT2D eigenvalue weighted by molar-refractivity contribution is 5.81. The minimum Gasteiger partial charge on any atom is -0.493 e. The van der Waals surface area contributed by atoms with Gasteiger partial charge in [0.2, 0.25) is 0 Å². The van der Waals surface area contributed by atoms with Crippen LogP contribution in [0.5, 0.6) is 11.5 Å². The van der Waals surface area contributed by atoms with Crippen molar-refractivity contribution >= 4 is 12.0 Å². The number of hydrogen-bond acceptors (Lipinski definition) is 7. The first kappa shape index (κ1) is 18.4. The summed E-state index contributed by atoms with van der Waals surface area (Å²) in [7, 11) is 1.60. The van der Waals surface area contributed by atoms with Crippen molar-refractivity contribution in [2.24, 2.45) is 5.10 Å². The number of ether oxygens (including phenoxy) is 2. The van der Waals surface area contributed by atoms with Crippen molar-refractivity contribution in [2.45, 2.75) is 33.1 Å². The van der Waals surface area contributed by atoms with E-state index in [9.17, 15) is 4.79 Å². The second-order valence-corrected chi connectivity index (χ2v) is 5.41. The van der Waals surface area contributed by atoms with E-state index in [1.165, 1.54) is 0 Å². The number of hydrogen-bond donors (Lipinski definition) is 2. The van der Waals surface area contributed by atoms with Crippen molar-refractivity contribution < 1.29 is 9.47 Å². The van der Waals surface area contributed by atoms with Gasteiger partial charge >= 0.3 is 5.69 Å². The van der Waals surface area contributed by atoms with Gasteiger partial charge < -0.3 is 9.47 Å². The van der Waals surface area contributed by atoms with Crippen LogP contribution in [0.1, 0.15) is 37.4 Å². The molecular weight excluding hydrogens is 322 g/mol. The fraction of sp³-hybridized carbons (Fsp3) is 0.412. The maximum atomic E-state index is 11.2. The molecule has 0 aliphatic carbocycles. The summed E-state index contributed by atoms with van der Waals surface area (Å²) in [5, 5.41) is 10.1. The molecule has 0 aliphatic rings. The van der Waals surface area contributed by atoms with Gasteiger partial charge in [0.25, 0.3) is 0 Å². The molecule has 0 radical (unpaired) electrons. The second-order valence-electron chi connectivity index (χ2n) is 5.41. The van der Waals surface area contributed by atoms with Gasteiger partial charge in [0.05, 0.1) is 19.9 Å². The third-order valence-electron chi connectivity index (χ3n) is 3.45. The van der Waals surface area contributed by atoms with Gasteiger partial charge in [-0.25, -0.2) is 9.89 Å². The zero-order valence-electron chi connectivity index (χ0n) is 14.7. The van der Waals surface area contributed by atoms with E-state index in [0.717, 1.165) is 24.8 Å². The van der Waals surface area contributed by atoms with E-state index in [1.54, 1.807) is 20.2 Å². The van der Waals surface area contributed by atoms with E-state index in [-0.39, 0.29) is 0 Å². The van der Waals surface area contributed by atoms with Crippen molar-refractivity contribution in [3.8, 4) is 11.5 Å². The predicted molar refractivity (Wildman–Crippen MR) is 96.6 cm³/mol. The number of hydrazone groups is 1. The first-order valence-electron chi connectivity index (χ1n) is 8.17. The number of nitrogens with one attached hydrogen (secondary N) is 2. The topological polar surface area (TPSA) is 101 Å². The first-order valence-corrected chi connectivity index (χ1v) is 8.17. The maximum absolute atomic E-state index is 11.2. The average Bonchev–Trinajstić information content (AvgIpc) is 2.62. The molecule has 2 aromatic rings. The minimum atomic E-state index is -0.533. The van der Waals surface area contributed by atoms with Crippen molar-refractivity contribution in [3.05, 3.63) is 39.9 Å². The Morgan fingerprint density at radius 1 is 1.32 bits per heavy atom. The molecule has 25 heavy (non-hydrogen) atoms. The van der Waals surface area contributed by atoms with Crippen molar-refractivity contribution in [3.63, 3.8) is 0 Å². The lowest BCUT2D eigenvalue weighted by Gasteiger charge is -2.11. The Hall–Kier alpha value is -2.90. The SMILES string of the molecule is CCCCCOc1ccc(/C=N/Nc2nc(=O)[nH]nc2C)cc1OC. The molecule has 0 atom stereocenters. The molecule has 2 N–H and O–H groups in total. The van der Waals surface area contributed by atoms with Crippen LogP contribution in [0, 0.1) is 6.92 Å². The highest BCUT2D eigenvalue weighted by Crippen LogP contribution is 2.27. The Kier molecular flexibility index (Phi) is 6.94. The Bertz CT molecular complexity index is 773. The lowest BCUT2D eigenvalue weighted by Crippen LogP contribution is -2.15. The minimum absolute atomic E-state index is 0.308. The molecule has 1 heterocycles. The normalized spacial score (nSPS) is 10.8. The molecule has 1 aromatic carbocycles. The van der Waals surface area contributed by atoms with Crippen LogP contribution in [0.15, 0.2) is 28.1 Å². The highest BCUT2D eigenvalue weighted by Gasteiger charge is 2.05. The number of H-pyrrole nitrogens is 1. The second kappa shape index (κ2) is 9.41. The molecular formula is C17H23N5O3. The smallest absolute Gasteiger partial charge is 0.363 e. The van der Waals surface area contributed by atoms with Crippen LogP contribution in [-0.4, -0.2) is 35.1 Å². The van der Waals surface area contributed by atoms with Crippen molar-refractivity contribution in [1.29, 1.82) is 0 Å². The van der Waals surface area contributed by atoms with E-state index >= 15 is 0 Å². The highest BCUT2D eigenvalue weighted by atomic mass is 16.5. The standard InChI is InChI=1S/C17H23N5O3/c1-4-5-6-9-25-14-8-7-13(10-15(14)24-3)11-18-21-16-12(2)20-22-17(23)19-16/h7-8,10-11H,4-6,9H2,1-3H3,(H2,19,21,22,23)/b18-11+. The summed E-state index contributed by atoms with van der Waals surface area (Å²) >= 11 is 0. The Labute approximate surface area is 146 Å². The molecule has 8 nitrogen and oxygen atoms in total. The van der Waals surface area contributed by atoms with E-state index in [2.05, 4.69) is 32.6 Å². The van der Waals surface area contributed by atoms with Gasteiger partial charge in [-0.3, -0.25) is 5.43 Å². The van der Waals surface area contributed by atoms with Crippen LogP contribution in [0.25, 0.3) is 0 Å². The summed E-state index contributed by atoms with van der Waals surface area (Å²) in [5.74, 6) is 1.66. The number of aryl methyl sites for hydroxylation is 1. The number of anilines is 1. The molecule has 0 amide bonds. The summed E-state index contributed by atoms with van der Waals surface area (Å²) in [5.41, 5.74) is 3.54. The van der Waals surface area contributed by atoms with E-state index < -0.39 is 5.69 Å². The predicted octanol–water partition coefficient (Wildman–Crippen LogP) is 2.50. The largest absolute Gasteiger partial charge is 0.493 e. The molecule has 0 unspecified atom stereocenters. The van der Waals surface area contributed by atoms with Gasteiger partial charge in [-0.05, 0) is 37.1 Å². The molecule has 1 aromatic heterocycles. The van der Waals surface area contributed by atoms with E-state index in [4.69, 9.17) is 9.47 Å². The first-order chi connectivity index (χ1) is 12.1. The van der Waals surface area contributed by atoms with Gasteiger partial charge in [-0.15, -0.1) is 0 Å². The van der Waals surface area contributed by atoms with E-state index in [1.807, 2.05) is 18.2 Å². The van der Waals surface area contributed by atoms with Crippen LogP contribution in [0.3, 0.4) is 0 Å². The summed E-state index contributed by atoms with van der Waals surface area (Å²) in [6.45, 7) is 4.54. The number of rotatable bonds is 9. The van der Waals surface area contributed by atoms with E-state index in [0.29, 0.717) is 29.6 Å². The zero-order valence-corrected chi connectivity index (χ0v) is 14.7. The molecule has 0 fully saturated rings. The van der Waals surface area contributed by atoms with Gasteiger partial charge in [-0.2, -0.15) is 15.2 Å². The molecule has 8 heteroatoms. The summed E-state index contributed by atoms with van der Waals surface area (Å²) in [6, 6.07) is 5.56. The number of benzene rings is 1. The van der Waals surface area contributed by atoms with Crippen LogP contribution in [-0.2, 0) is 0 Å². The Morgan fingerprint density at radius 2 is 2.16 bits per heavy atom. The zero-order chi connectivity index (χ0) is 18.1. The third kappa shape index (κ3) is 5.59. The summed E-state index contributed by atoms with van der Waals surface area (Å²) in [4.78, 5) is 14.9. The van der Waals surface area contributed by atoms with Crippen LogP contribution >= 0.6 is 0 Å². The maximum Gasteiger partial charge on any atom is 0.363 e. The number of unbranched alkanes of at least 4 members (excludes halogenated alkanes) is 2. The van der Waals surface area contributed by atoms with Gasteiger partial charge in [-0.1, -0.05) is 19.8 Å². The average molecular weight is 345 g/mol. The van der Waals surface area contributed by atoms with Crippen molar-refractivity contribution in [2.75, 3.05) is 19.1 Å². The quantitative estimate of drug-likeness (QED) is 0.411. The summed E-state index contributed by atoms with van der Waals surface area (Å²) in [6.07, 6.45) is 4.92. The molecule has 0 aliphatic heterocycles. The third-order valence-corrected chi connectivity index (χ3v) is 3.45. The fourth-order valence-electron chi connectivity index (χ4n) is 2.08. The Morgan fingerprint density at radius 3 is 2.92 bits per heavy atom.